The normalized spacial score (nSPS) is 22.8. The van der Waals surface area contributed by atoms with E-state index in [-0.39, 0.29) is 5.91 Å². The van der Waals surface area contributed by atoms with Crippen LogP contribution in [0.25, 0.3) is 12.3 Å². The van der Waals surface area contributed by atoms with Crippen LogP contribution < -0.4 is 21.1 Å². The summed E-state index contributed by atoms with van der Waals surface area (Å²) in [7, 11) is 0. The van der Waals surface area contributed by atoms with Crippen molar-refractivity contribution in [3.63, 3.8) is 0 Å². The number of hydrogen-bond acceptors (Lipinski definition) is 5. The van der Waals surface area contributed by atoms with Crippen LogP contribution in [0.2, 0.25) is 0 Å². The molecular weight excluding hydrogens is 388 g/mol. The Morgan fingerprint density at radius 2 is 1.97 bits per heavy atom. The molecule has 0 aliphatic carbocycles. The Balaban J connectivity index is 1.47. The molecule has 1 atom stereocenters. The molecule has 0 bridgehead atoms. The number of morpholine rings is 1. The molecule has 0 radical (unpaired) electrons. The molecule has 4 rings (SSSR count). The van der Waals surface area contributed by atoms with Crippen LogP contribution in [0.4, 0.5) is 0 Å². The number of nitrogens with one attached hydrogen (secondary N) is 2. The van der Waals surface area contributed by atoms with Gasteiger partial charge in [0.05, 0.1) is 13.2 Å². The van der Waals surface area contributed by atoms with Gasteiger partial charge in [0.2, 0.25) is 0 Å². The molecule has 3 aliphatic heterocycles. The molecule has 3 heterocycles. The third-order valence-corrected chi connectivity index (χ3v) is 6.97. The maximum Gasteiger partial charge on any atom is 0.251 e. The molecule has 31 heavy (non-hydrogen) atoms. The number of carbonyl (C=O) groups is 1. The fraction of sp³-hybridized carbons (Fsp3) is 0.640. The smallest absolute Gasteiger partial charge is 0.251 e. The van der Waals surface area contributed by atoms with Crippen LogP contribution in [-0.2, 0) is 4.74 Å². The summed E-state index contributed by atoms with van der Waals surface area (Å²) >= 11 is 0. The largest absolute Gasteiger partial charge is 0.379 e. The standard InChI is InChI=1S/C25H38N4O2/c1-19-15-22-4-3-20(2)29(17-21-5-7-26-8-6-21)18-23(22)16-24(19)25(30)27-9-10-28-11-13-31-14-12-28/h4,15-16,18,20-21,26H,3,5-14,17H2,1-2H3,(H,27,30). The van der Waals surface area contributed by atoms with E-state index < -0.39 is 0 Å². The zero-order chi connectivity index (χ0) is 21.6. The summed E-state index contributed by atoms with van der Waals surface area (Å²) in [6.07, 6.45) is 8.18. The van der Waals surface area contributed by atoms with Gasteiger partial charge in [-0.2, -0.15) is 0 Å². The second-order valence-corrected chi connectivity index (χ2v) is 9.31. The van der Waals surface area contributed by atoms with Crippen LogP contribution in [0.3, 0.4) is 0 Å². The van der Waals surface area contributed by atoms with E-state index in [1.165, 1.54) is 23.3 Å². The minimum absolute atomic E-state index is 0.0316. The Morgan fingerprint density at radius 3 is 2.74 bits per heavy atom. The third kappa shape index (κ3) is 5.88. The number of amides is 1. The number of ether oxygens (including phenoxy) is 1. The fourth-order valence-corrected chi connectivity index (χ4v) is 4.86. The number of hydrogen-bond donors (Lipinski definition) is 2. The monoisotopic (exact) mass is 426 g/mol. The highest BCUT2D eigenvalue weighted by atomic mass is 16.5. The Kier molecular flexibility index (Phi) is 7.64. The molecule has 6 nitrogen and oxygen atoms in total. The SMILES string of the molecule is Cc1cc2c(cc1C(=O)NCCN1CCOCC1)=CN(CC1CCNCC1)C(C)CC=2. The van der Waals surface area contributed by atoms with E-state index in [1.807, 2.05) is 6.92 Å². The maximum absolute atomic E-state index is 12.9. The molecule has 1 aromatic carbocycles. The second kappa shape index (κ2) is 10.6. The first-order chi connectivity index (χ1) is 15.1. The zero-order valence-electron chi connectivity index (χ0n) is 19.2. The van der Waals surface area contributed by atoms with Crippen molar-refractivity contribution in [1.82, 2.24) is 20.4 Å². The van der Waals surface area contributed by atoms with Crippen molar-refractivity contribution in [2.75, 3.05) is 59.0 Å². The number of piperidine rings is 1. The summed E-state index contributed by atoms with van der Waals surface area (Å²) in [5.41, 5.74) is 1.84. The van der Waals surface area contributed by atoms with Gasteiger partial charge in [-0.3, -0.25) is 9.69 Å². The topological polar surface area (TPSA) is 56.8 Å². The summed E-state index contributed by atoms with van der Waals surface area (Å²) in [6, 6.07) is 4.76. The lowest BCUT2D eigenvalue weighted by atomic mass is 9.97. The van der Waals surface area contributed by atoms with E-state index in [9.17, 15) is 4.79 Å². The highest BCUT2D eigenvalue weighted by Gasteiger charge is 2.20. The van der Waals surface area contributed by atoms with Crippen molar-refractivity contribution in [3.8, 4) is 0 Å². The van der Waals surface area contributed by atoms with Crippen molar-refractivity contribution in [3.05, 3.63) is 33.7 Å². The van der Waals surface area contributed by atoms with Gasteiger partial charge in [0.25, 0.3) is 5.91 Å². The molecular formula is C25H38N4O2. The van der Waals surface area contributed by atoms with Crippen molar-refractivity contribution < 1.29 is 9.53 Å². The van der Waals surface area contributed by atoms with E-state index in [0.29, 0.717) is 12.6 Å². The van der Waals surface area contributed by atoms with E-state index in [1.54, 1.807) is 0 Å². The van der Waals surface area contributed by atoms with E-state index in [2.05, 4.69) is 51.8 Å². The van der Waals surface area contributed by atoms with Gasteiger partial charge in [-0.15, -0.1) is 0 Å². The Hall–Kier alpha value is -1.89. The highest BCUT2D eigenvalue weighted by Crippen LogP contribution is 2.17. The van der Waals surface area contributed by atoms with Crippen LogP contribution in [0.5, 0.6) is 0 Å². The Bertz CT molecular complexity index is 872. The van der Waals surface area contributed by atoms with Crippen LogP contribution in [0.1, 0.15) is 42.1 Å². The maximum atomic E-state index is 12.9. The van der Waals surface area contributed by atoms with Crippen LogP contribution in [0.15, 0.2) is 12.1 Å². The molecule has 3 aliphatic rings. The molecule has 0 aromatic heterocycles. The molecule has 0 saturated carbocycles. The number of benzene rings is 1. The first-order valence-corrected chi connectivity index (χ1v) is 12.0. The average molecular weight is 427 g/mol. The first kappa shape index (κ1) is 22.3. The van der Waals surface area contributed by atoms with Crippen LogP contribution >= 0.6 is 0 Å². The first-order valence-electron chi connectivity index (χ1n) is 12.0. The number of aryl methyl sites for hydroxylation is 1. The molecule has 2 fully saturated rings. The van der Waals surface area contributed by atoms with Crippen molar-refractivity contribution in [1.29, 1.82) is 0 Å². The van der Waals surface area contributed by atoms with Gasteiger partial charge in [-0.1, -0.05) is 12.1 Å². The summed E-state index contributed by atoms with van der Waals surface area (Å²) < 4.78 is 5.40. The summed E-state index contributed by atoms with van der Waals surface area (Å²) in [4.78, 5) is 17.8. The summed E-state index contributed by atoms with van der Waals surface area (Å²) in [5, 5.41) is 9.02. The Labute approximate surface area is 186 Å². The highest BCUT2D eigenvalue weighted by molar-refractivity contribution is 5.95. The molecule has 1 unspecified atom stereocenters. The fourth-order valence-electron chi connectivity index (χ4n) is 4.86. The van der Waals surface area contributed by atoms with E-state index in [0.717, 1.165) is 75.9 Å². The molecule has 1 amide bonds. The van der Waals surface area contributed by atoms with Crippen molar-refractivity contribution in [2.45, 2.75) is 39.2 Å². The van der Waals surface area contributed by atoms with Gasteiger partial charge in [-0.05, 0) is 74.2 Å². The van der Waals surface area contributed by atoms with E-state index >= 15 is 0 Å². The Morgan fingerprint density at radius 1 is 1.19 bits per heavy atom. The minimum Gasteiger partial charge on any atom is -0.379 e. The number of fused-ring (bicyclic) bond motifs is 1. The summed E-state index contributed by atoms with van der Waals surface area (Å²) in [5.74, 6) is 0.777. The van der Waals surface area contributed by atoms with Crippen molar-refractivity contribution in [2.24, 2.45) is 5.92 Å². The van der Waals surface area contributed by atoms with Gasteiger partial charge < -0.3 is 20.3 Å². The zero-order valence-corrected chi connectivity index (χ0v) is 19.2. The quantitative estimate of drug-likeness (QED) is 0.700. The second-order valence-electron chi connectivity index (χ2n) is 9.31. The number of nitrogens with zero attached hydrogens (tertiary/aromatic N) is 2. The van der Waals surface area contributed by atoms with Gasteiger partial charge in [-0.25, -0.2) is 0 Å². The van der Waals surface area contributed by atoms with Crippen molar-refractivity contribution >= 4 is 18.2 Å². The predicted molar refractivity (Wildman–Crippen MR) is 125 cm³/mol. The molecule has 2 saturated heterocycles. The number of rotatable bonds is 6. The lowest BCUT2D eigenvalue weighted by Crippen LogP contribution is -2.41. The lowest BCUT2D eigenvalue weighted by Gasteiger charge is -2.32. The van der Waals surface area contributed by atoms with Gasteiger partial charge in [0, 0.05) is 50.5 Å². The molecule has 1 aromatic rings. The molecule has 2 N–H and O–H groups in total. The molecule has 0 spiro atoms. The number of carbonyl (C=O) groups excluding carboxylic acids is 1. The van der Waals surface area contributed by atoms with Gasteiger partial charge in [0.15, 0.2) is 0 Å². The lowest BCUT2D eigenvalue weighted by molar-refractivity contribution is 0.0383. The average Bonchev–Trinajstić information content (AvgIpc) is 2.93. The minimum atomic E-state index is 0.0316. The third-order valence-electron chi connectivity index (χ3n) is 6.97. The summed E-state index contributed by atoms with van der Waals surface area (Å²) in [6.45, 7) is 12.7. The molecule has 170 valence electrons. The molecule has 6 heteroatoms. The van der Waals surface area contributed by atoms with E-state index in [4.69, 9.17) is 4.74 Å². The van der Waals surface area contributed by atoms with Gasteiger partial charge >= 0.3 is 0 Å². The predicted octanol–water partition coefficient (Wildman–Crippen LogP) is 0.669. The van der Waals surface area contributed by atoms with Crippen LogP contribution in [0, 0.1) is 12.8 Å². The van der Waals surface area contributed by atoms with Crippen LogP contribution in [-0.4, -0.2) is 80.8 Å². The van der Waals surface area contributed by atoms with Gasteiger partial charge in [0.1, 0.15) is 0 Å².